The SMILES string of the molecule is Cc1cc(OCC2CCN(c3nc4ccccc4o3)CC2)ccn1. The van der Waals surface area contributed by atoms with Crippen LogP contribution in [0.15, 0.2) is 47.0 Å². The highest BCUT2D eigenvalue weighted by Crippen LogP contribution is 2.26. The summed E-state index contributed by atoms with van der Waals surface area (Å²) in [6, 6.07) is 12.5. The van der Waals surface area contributed by atoms with Crippen LogP contribution in [0.2, 0.25) is 0 Å². The standard InChI is InChI=1S/C19H21N3O2/c1-14-12-16(6-9-20-14)23-13-15-7-10-22(11-8-15)19-21-17-4-2-3-5-18(17)24-19/h2-6,9,12,15H,7-8,10-11,13H2,1H3. The molecule has 0 bridgehead atoms. The van der Waals surface area contributed by atoms with Crippen LogP contribution in [-0.2, 0) is 0 Å². The topological polar surface area (TPSA) is 51.4 Å². The summed E-state index contributed by atoms with van der Waals surface area (Å²) >= 11 is 0. The van der Waals surface area contributed by atoms with E-state index in [1.807, 2.05) is 43.3 Å². The van der Waals surface area contributed by atoms with Gasteiger partial charge in [-0.05, 0) is 43.9 Å². The van der Waals surface area contributed by atoms with Crippen LogP contribution < -0.4 is 9.64 Å². The molecule has 0 N–H and O–H groups in total. The normalized spacial score (nSPS) is 15.8. The third-order valence-corrected chi connectivity index (χ3v) is 4.52. The van der Waals surface area contributed by atoms with Crippen LogP contribution in [-0.4, -0.2) is 29.7 Å². The number of hydrogen-bond acceptors (Lipinski definition) is 5. The first-order chi connectivity index (χ1) is 11.8. The molecule has 0 aliphatic carbocycles. The molecule has 1 aromatic carbocycles. The van der Waals surface area contributed by atoms with Gasteiger partial charge in [0.2, 0.25) is 0 Å². The first-order valence-electron chi connectivity index (χ1n) is 8.44. The lowest BCUT2D eigenvalue weighted by Crippen LogP contribution is -2.35. The largest absolute Gasteiger partial charge is 0.493 e. The highest BCUT2D eigenvalue weighted by Gasteiger charge is 2.23. The molecule has 3 aromatic rings. The minimum Gasteiger partial charge on any atom is -0.493 e. The van der Waals surface area contributed by atoms with E-state index in [9.17, 15) is 0 Å². The van der Waals surface area contributed by atoms with Crippen molar-refractivity contribution in [1.29, 1.82) is 0 Å². The Kier molecular flexibility index (Phi) is 4.07. The number of fused-ring (bicyclic) bond motifs is 1. The average molecular weight is 323 g/mol. The van der Waals surface area contributed by atoms with E-state index in [0.717, 1.165) is 61.1 Å². The molecule has 124 valence electrons. The molecular weight excluding hydrogens is 302 g/mol. The summed E-state index contributed by atoms with van der Waals surface area (Å²) in [7, 11) is 0. The smallest absolute Gasteiger partial charge is 0.298 e. The van der Waals surface area contributed by atoms with E-state index in [0.29, 0.717) is 5.92 Å². The van der Waals surface area contributed by atoms with E-state index in [2.05, 4.69) is 14.9 Å². The number of nitrogens with zero attached hydrogens (tertiary/aromatic N) is 3. The zero-order valence-corrected chi connectivity index (χ0v) is 13.8. The number of pyridine rings is 1. The van der Waals surface area contributed by atoms with E-state index in [1.165, 1.54) is 0 Å². The number of rotatable bonds is 4. The lowest BCUT2D eigenvalue weighted by Gasteiger charge is -2.30. The number of aromatic nitrogens is 2. The predicted octanol–water partition coefficient (Wildman–Crippen LogP) is 3.83. The lowest BCUT2D eigenvalue weighted by atomic mass is 9.98. The minimum atomic E-state index is 0.569. The van der Waals surface area contributed by atoms with Crippen molar-refractivity contribution >= 4 is 17.1 Å². The van der Waals surface area contributed by atoms with Gasteiger partial charge in [0, 0.05) is 31.0 Å². The fourth-order valence-corrected chi connectivity index (χ4v) is 3.11. The van der Waals surface area contributed by atoms with Crippen molar-refractivity contribution in [2.45, 2.75) is 19.8 Å². The van der Waals surface area contributed by atoms with Crippen molar-refractivity contribution in [3.8, 4) is 5.75 Å². The fraction of sp³-hybridized carbons (Fsp3) is 0.368. The highest BCUT2D eigenvalue weighted by molar-refractivity contribution is 5.74. The van der Waals surface area contributed by atoms with Crippen LogP contribution in [0, 0.1) is 12.8 Å². The summed E-state index contributed by atoms with van der Waals surface area (Å²) < 4.78 is 11.8. The second-order valence-electron chi connectivity index (χ2n) is 6.34. The Labute approximate surface area is 141 Å². The van der Waals surface area contributed by atoms with E-state index in [4.69, 9.17) is 9.15 Å². The molecule has 0 radical (unpaired) electrons. The molecule has 0 unspecified atom stereocenters. The van der Waals surface area contributed by atoms with Crippen LogP contribution >= 0.6 is 0 Å². The van der Waals surface area contributed by atoms with Gasteiger partial charge in [0.25, 0.3) is 6.01 Å². The summed E-state index contributed by atoms with van der Waals surface area (Å²) in [5, 5.41) is 0. The first kappa shape index (κ1) is 15.0. The molecule has 2 aromatic heterocycles. The average Bonchev–Trinajstić information content (AvgIpc) is 3.05. The van der Waals surface area contributed by atoms with Gasteiger partial charge in [0.1, 0.15) is 11.3 Å². The molecule has 0 atom stereocenters. The summed E-state index contributed by atoms with van der Waals surface area (Å²) in [5.41, 5.74) is 2.76. The molecular formula is C19H21N3O2. The molecule has 1 saturated heterocycles. The zero-order valence-electron chi connectivity index (χ0n) is 13.8. The number of aryl methyl sites for hydroxylation is 1. The maximum Gasteiger partial charge on any atom is 0.298 e. The van der Waals surface area contributed by atoms with Gasteiger partial charge in [-0.15, -0.1) is 0 Å². The van der Waals surface area contributed by atoms with Gasteiger partial charge < -0.3 is 14.1 Å². The number of piperidine rings is 1. The fourth-order valence-electron chi connectivity index (χ4n) is 3.11. The van der Waals surface area contributed by atoms with Gasteiger partial charge in [-0.25, -0.2) is 0 Å². The van der Waals surface area contributed by atoms with Crippen LogP contribution in [0.4, 0.5) is 6.01 Å². The third-order valence-electron chi connectivity index (χ3n) is 4.52. The Hall–Kier alpha value is -2.56. The first-order valence-corrected chi connectivity index (χ1v) is 8.44. The summed E-state index contributed by atoms with van der Waals surface area (Å²) in [6.07, 6.45) is 3.96. The number of ether oxygens (including phenoxy) is 1. The molecule has 3 heterocycles. The molecule has 4 rings (SSSR count). The Morgan fingerprint density at radius 2 is 2.04 bits per heavy atom. The van der Waals surface area contributed by atoms with Crippen LogP contribution in [0.1, 0.15) is 18.5 Å². The Balaban J connectivity index is 1.33. The van der Waals surface area contributed by atoms with Gasteiger partial charge in [0.05, 0.1) is 6.61 Å². The molecule has 0 spiro atoms. The number of hydrogen-bond donors (Lipinski definition) is 0. The van der Waals surface area contributed by atoms with E-state index >= 15 is 0 Å². The quantitative estimate of drug-likeness (QED) is 0.730. The molecule has 1 fully saturated rings. The van der Waals surface area contributed by atoms with E-state index in [1.54, 1.807) is 6.20 Å². The highest BCUT2D eigenvalue weighted by atomic mass is 16.5. The third kappa shape index (κ3) is 3.20. The predicted molar refractivity (Wildman–Crippen MR) is 93.4 cm³/mol. The number of benzene rings is 1. The molecule has 0 amide bonds. The van der Waals surface area contributed by atoms with Crippen LogP contribution in [0.25, 0.3) is 11.1 Å². The van der Waals surface area contributed by atoms with Gasteiger partial charge in [-0.2, -0.15) is 4.98 Å². The monoisotopic (exact) mass is 323 g/mol. The van der Waals surface area contributed by atoms with Crippen molar-refractivity contribution in [2.24, 2.45) is 5.92 Å². The number of para-hydroxylation sites is 2. The molecule has 1 aliphatic rings. The van der Waals surface area contributed by atoms with Gasteiger partial charge >= 0.3 is 0 Å². The molecule has 24 heavy (non-hydrogen) atoms. The van der Waals surface area contributed by atoms with E-state index in [-0.39, 0.29) is 0 Å². The van der Waals surface area contributed by atoms with Gasteiger partial charge in [0.15, 0.2) is 5.58 Å². The summed E-state index contributed by atoms with van der Waals surface area (Å²) in [5.74, 6) is 1.47. The van der Waals surface area contributed by atoms with Crippen molar-refractivity contribution in [3.63, 3.8) is 0 Å². The van der Waals surface area contributed by atoms with Crippen LogP contribution in [0.5, 0.6) is 5.75 Å². The molecule has 0 saturated carbocycles. The molecule has 5 heteroatoms. The second kappa shape index (κ2) is 6.51. The van der Waals surface area contributed by atoms with Crippen molar-refractivity contribution in [2.75, 3.05) is 24.6 Å². The Bertz CT molecular complexity index is 789. The van der Waals surface area contributed by atoms with Gasteiger partial charge in [-0.1, -0.05) is 12.1 Å². The van der Waals surface area contributed by atoms with Crippen molar-refractivity contribution in [3.05, 3.63) is 48.3 Å². The Morgan fingerprint density at radius 3 is 2.83 bits per heavy atom. The number of anilines is 1. The maximum atomic E-state index is 5.92. The second-order valence-corrected chi connectivity index (χ2v) is 6.34. The zero-order chi connectivity index (χ0) is 16.4. The van der Waals surface area contributed by atoms with Gasteiger partial charge in [-0.3, -0.25) is 4.98 Å². The summed E-state index contributed by atoms with van der Waals surface area (Å²) in [6.45, 7) is 4.64. The van der Waals surface area contributed by atoms with E-state index < -0.39 is 0 Å². The van der Waals surface area contributed by atoms with Crippen molar-refractivity contribution < 1.29 is 9.15 Å². The lowest BCUT2D eigenvalue weighted by molar-refractivity contribution is 0.221. The Morgan fingerprint density at radius 1 is 1.21 bits per heavy atom. The molecule has 1 aliphatic heterocycles. The summed E-state index contributed by atoms with van der Waals surface area (Å²) in [4.78, 5) is 11.0. The molecule has 5 nitrogen and oxygen atoms in total. The number of oxazole rings is 1. The van der Waals surface area contributed by atoms with Crippen LogP contribution in [0.3, 0.4) is 0 Å². The van der Waals surface area contributed by atoms with Crippen molar-refractivity contribution in [1.82, 2.24) is 9.97 Å². The maximum absolute atomic E-state index is 5.92. The minimum absolute atomic E-state index is 0.569.